The maximum Gasteiger partial charge on any atom is 0.255 e. The molecule has 1 fully saturated rings. The molecule has 1 aromatic carbocycles. The van der Waals surface area contributed by atoms with Crippen molar-refractivity contribution >= 4 is 23.2 Å². The topological polar surface area (TPSA) is 84.0 Å². The van der Waals surface area contributed by atoms with Crippen molar-refractivity contribution in [2.24, 2.45) is 0 Å². The molecule has 0 aliphatic carbocycles. The van der Waals surface area contributed by atoms with E-state index in [1.165, 1.54) is 0 Å². The number of anilines is 2. The van der Waals surface area contributed by atoms with Crippen LogP contribution < -0.4 is 14.8 Å². The van der Waals surface area contributed by atoms with Crippen LogP contribution in [-0.2, 0) is 4.79 Å². The van der Waals surface area contributed by atoms with Crippen molar-refractivity contribution in [3.8, 4) is 11.5 Å². The van der Waals surface area contributed by atoms with Gasteiger partial charge in [0, 0.05) is 45.4 Å². The number of pyridine rings is 1. The number of carbonyl (C=O) groups is 2. The van der Waals surface area contributed by atoms with Gasteiger partial charge in [-0.15, -0.1) is 0 Å². The number of piperazine rings is 1. The summed E-state index contributed by atoms with van der Waals surface area (Å²) in [7, 11) is 3.18. The fraction of sp³-hybridized carbons (Fsp3) is 0.350. The third kappa shape index (κ3) is 4.33. The normalized spacial score (nSPS) is 13.8. The molecule has 0 spiro atoms. The molecule has 3 rings (SSSR count). The molecule has 1 N–H and O–H groups in total. The molecule has 28 heavy (non-hydrogen) atoms. The lowest BCUT2D eigenvalue weighted by atomic mass is 10.2. The molecule has 0 bridgehead atoms. The number of nitrogens with zero attached hydrogens (tertiary/aromatic N) is 3. The Morgan fingerprint density at radius 3 is 2.36 bits per heavy atom. The summed E-state index contributed by atoms with van der Waals surface area (Å²) in [5.41, 5.74) is 1.91. The molecule has 2 heterocycles. The van der Waals surface area contributed by atoms with Gasteiger partial charge in [0.05, 0.1) is 37.4 Å². The summed E-state index contributed by atoms with van der Waals surface area (Å²) >= 11 is 0. The fourth-order valence-electron chi connectivity index (χ4n) is 3.09. The summed E-state index contributed by atoms with van der Waals surface area (Å²) in [6.45, 7) is 3.68. The van der Waals surface area contributed by atoms with Crippen molar-refractivity contribution in [3.63, 3.8) is 0 Å². The number of benzene rings is 1. The van der Waals surface area contributed by atoms with E-state index in [9.17, 15) is 9.59 Å². The van der Waals surface area contributed by atoms with Gasteiger partial charge in [0.15, 0.2) is 0 Å². The third-order valence-electron chi connectivity index (χ3n) is 4.69. The van der Waals surface area contributed by atoms with Gasteiger partial charge in [-0.2, -0.15) is 0 Å². The predicted molar refractivity (Wildman–Crippen MR) is 105 cm³/mol. The Kier molecular flexibility index (Phi) is 5.98. The maximum atomic E-state index is 12.8. The Balaban J connectivity index is 1.72. The van der Waals surface area contributed by atoms with Crippen LogP contribution in [0.4, 0.5) is 11.4 Å². The van der Waals surface area contributed by atoms with Gasteiger partial charge in [-0.3, -0.25) is 14.6 Å². The Hall–Kier alpha value is -3.29. The van der Waals surface area contributed by atoms with Crippen LogP contribution in [-0.4, -0.2) is 67.0 Å². The molecule has 2 amide bonds. The van der Waals surface area contributed by atoms with Crippen LogP contribution in [0.15, 0.2) is 36.7 Å². The highest BCUT2D eigenvalue weighted by atomic mass is 16.5. The van der Waals surface area contributed by atoms with Gasteiger partial charge in [0.2, 0.25) is 5.91 Å². The summed E-state index contributed by atoms with van der Waals surface area (Å²) in [4.78, 5) is 31.9. The molecule has 0 unspecified atom stereocenters. The molecule has 2 aromatic rings. The second-order valence-electron chi connectivity index (χ2n) is 6.45. The van der Waals surface area contributed by atoms with E-state index in [-0.39, 0.29) is 11.8 Å². The molecule has 1 aromatic heterocycles. The lowest BCUT2D eigenvalue weighted by Gasteiger charge is -2.34. The van der Waals surface area contributed by atoms with E-state index in [4.69, 9.17) is 9.47 Å². The maximum absolute atomic E-state index is 12.8. The zero-order chi connectivity index (χ0) is 20.1. The van der Waals surface area contributed by atoms with Crippen LogP contribution in [0.3, 0.4) is 0 Å². The molecule has 0 atom stereocenters. The minimum atomic E-state index is -0.0963. The van der Waals surface area contributed by atoms with Crippen LogP contribution in [0, 0.1) is 0 Å². The zero-order valence-corrected chi connectivity index (χ0v) is 16.3. The lowest BCUT2D eigenvalue weighted by Crippen LogP contribution is -2.50. The van der Waals surface area contributed by atoms with Crippen LogP contribution in [0.5, 0.6) is 11.5 Å². The third-order valence-corrected chi connectivity index (χ3v) is 4.69. The SMILES string of the molecule is COc1ccc(Nc2cncc(C(=O)N3CCN(C(C)=O)CC3)c2)c(OC)c1. The largest absolute Gasteiger partial charge is 0.497 e. The molecule has 8 nitrogen and oxygen atoms in total. The van der Waals surface area contributed by atoms with Gasteiger partial charge in [-0.25, -0.2) is 0 Å². The van der Waals surface area contributed by atoms with Gasteiger partial charge in [0.1, 0.15) is 11.5 Å². The molecular formula is C20H24N4O4. The van der Waals surface area contributed by atoms with Crippen LogP contribution >= 0.6 is 0 Å². The number of aromatic nitrogens is 1. The van der Waals surface area contributed by atoms with Crippen molar-refractivity contribution in [1.29, 1.82) is 0 Å². The van der Waals surface area contributed by atoms with Gasteiger partial charge < -0.3 is 24.6 Å². The second kappa shape index (κ2) is 8.60. The highest BCUT2D eigenvalue weighted by molar-refractivity contribution is 5.95. The molecule has 1 aliphatic rings. The molecule has 0 saturated carbocycles. The molecule has 0 radical (unpaired) electrons. The average molecular weight is 384 g/mol. The fourth-order valence-corrected chi connectivity index (χ4v) is 3.09. The van der Waals surface area contributed by atoms with Crippen molar-refractivity contribution in [2.75, 3.05) is 45.7 Å². The zero-order valence-electron chi connectivity index (χ0n) is 16.3. The molecule has 1 saturated heterocycles. The summed E-state index contributed by atoms with van der Waals surface area (Å²) in [5.74, 6) is 1.25. The van der Waals surface area contributed by atoms with Gasteiger partial charge in [0.25, 0.3) is 5.91 Å². The first-order valence-corrected chi connectivity index (χ1v) is 9.00. The second-order valence-corrected chi connectivity index (χ2v) is 6.45. The van der Waals surface area contributed by atoms with E-state index in [1.54, 1.807) is 55.5 Å². The number of nitrogens with one attached hydrogen (secondary N) is 1. The smallest absolute Gasteiger partial charge is 0.255 e. The Bertz CT molecular complexity index is 863. The van der Waals surface area contributed by atoms with E-state index < -0.39 is 0 Å². The number of amides is 2. The van der Waals surface area contributed by atoms with Crippen molar-refractivity contribution < 1.29 is 19.1 Å². The highest BCUT2D eigenvalue weighted by Crippen LogP contribution is 2.31. The number of hydrogen-bond acceptors (Lipinski definition) is 6. The van der Waals surface area contributed by atoms with E-state index >= 15 is 0 Å². The Morgan fingerprint density at radius 1 is 1.00 bits per heavy atom. The van der Waals surface area contributed by atoms with Crippen LogP contribution in [0.25, 0.3) is 0 Å². The summed E-state index contributed by atoms with van der Waals surface area (Å²) in [6.07, 6.45) is 3.20. The highest BCUT2D eigenvalue weighted by Gasteiger charge is 2.23. The van der Waals surface area contributed by atoms with E-state index in [1.807, 2.05) is 12.1 Å². The molecule has 1 aliphatic heterocycles. The summed E-state index contributed by atoms with van der Waals surface area (Å²) in [6, 6.07) is 7.20. The van der Waals surface area contributed by atoms with E-state index in [0.717, 1.165) is 5.69 Å². The molecular weight excluding hydrogens is 360 g/mol. The first kappa shape index (κ1) is 19.5. The van der Waals surface area contributed by atoms with Crippen molar-refractivity contribution in [2.45, 2.75) is 6.92 Å². The van der Waals surface area contributed by atoms with E-state index in [0.29, 0.717) is 48.9 Å². The number of methoxy groups -OCH3 is 2. The van der Waals surface area contributed by atoms with E-state index in [2.05, 4.69) is 10.3 Å². The molecule has 148 valence electrons. The van der Waals surface area contributed by atoms with Crippen molar-refractivity contribution in [1.82, 2.24) is 14.8 Å². The number of ether oxygens (including phenoxy) is 2. The Labute approximate surface area is 164 Å². The van der Waals surface area contributed by atoms with Gasteiger partial charge in [-0.1, -0.05) is 0 Å². The quantitative estimate of drug-likeness (QED) is 0.850. The first-order chi connectivity index (χ1) is 13.5. The monoisotopic (exact) mass is 384 g/mol. The van der Waals surface area contributed by atoms with Gasteiger partial charge >= 0.3 is 0 Å². The summed E-state index contributed by atoms with van der Waals surface area (Å²) < 4.78 is 10.6. The first-order valence-electron chi connectivity index (χ1n) is 9.00. The lowest BCUT2D eigenvalue weighted by molar-refractivity contribution is -0.130. The summed E-state index contributed by atoms with van der Waals surface area (Å²) in [5, 5.41) is 3.23. The number of hydrogen-bond donors (Lipinski definition) is 1. The Morgan fingerprint density at radius 2 is 1.71 bits per heavy atom. The number of rotatable bonds is 5. The minimum absolute atomic E-state index is 0.0356. The van der Waals surface area contributed by atoms with Crippen LogP contribution in [0.2, 0.25) is 0 Å². The predicted octanol–water partition coefficient (Wildman–Crippen LogP) is 2.15. The van der Waals surface area contributed by atoms with Gasteiger partial charge in [-0.05, 0) is 18.2 Å². The van der Waals surface area contributed by atoms with Crippen molar-refractivity contribution in [3.05, 3.63) is 42.2 Å². The average Bonchev–Trinajstić information content (AvgIpc) is 2.73. The standard InChI is InChI=1S/C20H24N4O4/c1-14(25)23-6-8-24(9-7-23)20(26)15-10-16(13-21-12-15)22-18-5-4-17(27-2)11-19(18)28-3/h4-5,10-13,22H,6-9H2,1-3H3. The minimum Gasteiger partial charge on any atom is -0.497 e. The van der Waals surface area contributed by atoms with Crippen LogP contribution in [0.1, 0.15) is 17.3 Å². The molecule has 8 heteroatoms. The number of carbonyl (C=O) groups excluding carboxylic acids is 2.